The number of aliphatic hydroxyl groups excluding tert-OH is 1. The summed E-state index contributed by atoms with van der Waals surface area (Å²) in [6.45, 7) is 4.91. The lowest BCUT2D eigenvalue weighted by molar-refractivity contribution is -0.146. The molecule has 0 radical (unpaired) electrons. The number of likely N-dealkylation sites (N-methyl/N-ethyl adjacent to an activating group) is 1. The zero-order chi connectivity index (χ0) is 14.3. The topological polar surface area (TPSA) is 102 Å². The van der Waals surface area contributed by atoms with E-state index in [2.05, 4.69) is 22.5 Å². The van der Waals surface area contributed by atoms with Gasteiger partial charge < -0.3 is 20.8 Å². The molecule has 0 aliphatic carbocycles. The van der Waals surface area contributed by atoms with Crippen molar-refractivity contribution in [2.45, 2.75) is 38.3 Å². The number of carboxylic acid groups (broad SMARTS) is 1. The third-order valence-corrected chi connectivity index (χ3v) is 3.39. The van der Waals surface area contributed by atoms with E-state index in [-0.39, 0.29) is 19.0 Å². The SMILES string of the molecule is CCN1CCCC1CNC(=O)NCC[C@H](O)C(=O)O. The summed E-state index contributed by atoms with van der Waals surface area (Å²) in [7, 11) is 0. The lowest BCUT2D eigenvalue weighted by atomic mass is 10.2. The Morgan fingerprint density at radius 3 is 2.79 bits per heavy atom. The zero-order valence-electron chi connectivity index (χ0n) is 11.3. The molecule has 1 aliphatic heterocycles. The van der Waals surface area contributed by atoms with Crippen molar-refractivity contribution in [2.24, 2.45) is 0 Å². The van der Waals surface area contributed by atoms with Crippen molar-refractivity contribution in [3.63, 3.8) is 0 Å². The number of nitrogens with one attached hydrogen (secondary N) is 2. The van der Waals surface area contributed by atoms with Gasteiger partial charge in [-0.1, -0.05) is 6.92 Å². The molecule has 19 heavy (non-hydrogen) atoms. The Hall–Kier alpha value is -1.34. The van der Waals surface area contributed by atoms with E-state index < -0.39 is 12.1 Å². The van der Waals surface area contributed by atoms with Crippen LogP contribution in [0.1, 0.15) is 26.2 Å². The van der Waals surface area contributed by atoms with Crippen molar-refractivity contribution in [1.82, 2.24) is 15.5 Å². The fourth-order valence-electron chi connectivity index (χ4n) is 2.26. The van der Waals surface area contributed by atoms with Gasteiger partial charge in [-0.25, -0.2) is 9.59 Å². The zero-order valence-corrected chi connectivity index (χ0v) is 11.3. The number of aliphatic hydroxyl groups is 1. The Labute approximate surface area is 113 Å². The second-order valence-corrected chi connectivity index (χ2v) is 4.70. The van der Waals surface area contributed by atoms with E-state index in [1.165, 1.54) is 0 Å². The van der Waals surface area contributed by atoms with Crippen molar-refractivity contribution in [3.8, 4) is 0 Å². The minimum Gasteiger partial charge on any atom is -0.479 e. The van der Waals surface area contributed by atoms with E-state index in [9.17, 15) is 9.59 Å². The first-order valence-corrected chi connectivity index (χ1v) is 6.71. The minimum atomic E-state index is -1.43. The Bertz CT molecular complexity index is 311. The molecule has 1 fully saturated rings. The highest BCUT2D eigenvalue weighted by Crippen LogP contribution is 2.15. The second kappa shape index (κ2) is 7.96. The lowest BCUT2D eigenvalue weighted by Gasteiger charge is -2.22. The molecule has 7 nitrogen and oxygen atoms in total. The maximum Gasteiger partial charge on any atom is 0.332 e. The first kappa shape index (κ1) is 15.7. The predicted molar refractivity (Wildman–Crippen MR) is 69.9 cm³/mol. The molecule has 4 N–H and O–H groups in total. The van der Waals surface area contributed by atoms with E-state index in [0.717, 1.165) is 25.9 Å². The highest BCUT2D eigenvalue weighted by Gasteiger charge is 2.23. The van der Waals surface area contributed by atoms with Crippen LogP contribution in [0.15, 0.2) is 0 Å². The second-order valence-electron chi connectivity index (χ2n) is 4.70. The van der Waals surface area contributed by atoms with Crippen LogP contribution in [0, 0.1) is 0 Å². The summed E-state index contributed by atoms with van der Waals surface area (Å²) in [4.78, 5) is 24.2. The maximum atomic E-state index is 11.5. The Morgan fingerprint density at radius 1 is 1.42 bits per heavy atom. The number of nitrogens with zero attached hydrogens (tertiary/aromatic N) is 1. The van der Waals surface area contributed by atoms with Crippen molar-refractivity contribution in [3.05, 3.63) is 0 Å². The summed E-state index contributed by atoms with van der Waals surface area (Å²) in [5.74, 6) is -1.27. The fourth-order valence-corrected chi connectivity index (χ4v) is 2.26. The van der Waals surface area contributed by atoms with Crippen LogP contribution in [0.25, 0.3) is 0 Å². The molecule has 1 aliphatic rings. The normalized spacial score (nSPS) is 21.1. The smallest absolute Gasteiger partial charge is 0.332 e. The van der Waals surface area contributed by atoms with Crippen molar-refractivity contribution in [2.75, 3.05) is 26.2 Å². The number of urea groups is 1. The van der Waals surface area contributed by atoms with Gasteiger partial charge in [0.1, 0.15) is 0 Å². The quantitative estimate of drug-likeness (QED) is 0.506. The van der Waals surface area contributed by atoms with Gasteiger partial charge in [-0.2, -0.15) is 0 Å². The van der Waals surface area contributed by atoms with Crippen LogP contribution in [0.4, 0.5) is 4.79 Å². The molecule has 0 spiro atoms. The third-order valence-electron chi connectivity index (χ3n) is 3.39. The lowest BCUT2D eigenvalue weighted by Crippen LogP contribution is -2.44. The number of likely N-dealkylation sites (tertiary alicyclic amines) is 1. The number of amides is 2. The molecule has 0 saturated carbocycles. The van der Waals surface area contributed by atoms with E-state index in [1.807, 2.05) is 0 Å². The van der Waals surface area contributed by atoms with Crippen LogP contribution < -0.4 is 10.6 Å². The first-order chi connectivity index (χ1) is 9.04. The van der Waals surface area contributed by atoms with Gasteiger partial charge >= 0.3 is 12.0 Å². The van der Waals surface area contributed by atoms with Crippen LogP contribution in [0.3, 0.4) is 0 Å². The van der Waals surface area contributed by atoms with Crippen molar-refractivity contribution >= 4 is 12.0 Å². The molecule has 110 valence electrons. The van der Waals surface area contributed by atoms with Crippen molar-refractivity contribution in [1.29, 1.82) is 0 Å². The number of carbonyl (C=O) groups excluding carboxylic acids is 1. The minimum absolute atomic E-state index is 0.00721. The maximum absolute atomic E-state index is 11.5. The van der Waals surface area contributed by atoms with Gasteiger partial charge in [0.05, 0.1) is 0 Å². The van der Waals surface area contributed by atoms with E-state index in [0.29, 0.717) is 12.6 Å². The van der Waals surface area contributed by atoms with Crippen LogP contribution in [-0.2, 0) is 4.79 Å². The van der Waals surface area contributed by atoms with Crippen LogP contribution in [0.5, 0.6) is 0 Å². The molecule has 1 rings (SSSR count). The van der Waals surface area contributed by atoms with Gasteiger partial charge in [0, 0.05) is 25.6 Å². The predicted octanol–water partition coefficient (Wildman–Crippen LogP) is -0.394. The average molecular weight is 273 g/mol. The van der Waals surface area contributed by atoms with Crippen LogP contribution in [0.2, 0.25) is 0 Å². The number of aliphatic carboxylic acids is 1. The number of hydrogen-bond donors (Lipinski definition) is 4. The number of rotatable bonds is 7. The molecule has 0 aromatic rings. The largest absolute Gasteiger partial charge is 0.479 e. The summed E-state index contributed by atoms with van der Waals surface area (Å²) in [6, 6.07) is 0.0703. The van der Waals surface area contributed by atoms with Gasteiger partial charge in [0.15, 0.2) is 6.10 Å². The average Bonchev–Trinajstić information content (AvgIpc) is 2.83. The summed E-state index contributed by atoms with van der Waals surface area (Å²) in [6.07, 6.45) is 0.830. The third kappa shape index (κ3) is 5.44. The van der Waals surface area contributed by atoms with Crippen LogP contribution in [-0.4, -0.2) is 65.4 Å². The standard InChI is InChI=1S/C12H23N3O4/c1-2-15-7-3-4-9(15)8-14-12(19)13-6-5-10(16)11(17)18/h9-10,16H,2-8H2,1H3,(H,17,18)(H2,13,14,19)/t9?,10-/m0/s1. The van der Waals surface area contributed by atoms with E-state index in [1.54, 1.807) is 0 Å². The number of hydrogen-bond acceptors (Lipinski definition) is 4. The Kier molecular flexibility index (Phi) is 6.58. The van der Waals surface area contributed by atoms with Gasteiger partial charge in [0.2, 0.25) is 0 Å². The molecule has 1 saturated heterocycles. The Balaban J connectivity index is 2.12. The number of carbonyl (C=O) groups is 2. The highest BCUT2D eigenvalue weighted by atomic mass is 16.4. The molecule has 7 heteroatoms. The van der Waals surface area contributed by atoms with E-state index >= 15 is 0 Å². The van der Waals surface area contributed by atoms with Gasteiger partial charge in [-0.3, -0.25) is 4.90 Å². The Morgan fingerprint density at radius 2 is 2.16 bits per heavy atom. The van der Waals surface area contributed by atoms with Gasteiger partial charge in [-0.15, -0.1) is 0 Å². The summed E-state index contributed by atoms with van der Waals surface area (Å²) >= 11 is 0. The molecule has 0 aromatic heterocycles. The van der Waals surface area contributed by atoms with Gasteiger partial charge in [-0.05, 0) is 25.9 Å². The fraction of sp³-hybridized carbons (Fsp3) is 0.833. The summed E-state index contributed by atoms with van der Waals surface area (Å²) in [5.41, 5.74) is 0. The molecule has 1 heterocycles. The molecule has 2 amide bonds. The van der Waals surface area contributed by atoms with Crippen LogP contribution >= 0.6 is 0 Å². The molecule has 2 atom stereocenters. The molecular formula is C12H23N3O4. The summed E-state index contributed by atoms with van der Waals surface area (Å²) < 4.78 is 0. The van der Waals surface area contributed by atoms with Gasteiger partial charge in [0.25, 0.3) is 0 Å². The first-order valence-electron chi connectivity index (χ1n) is 6.71. The highest BCUT2D eigenvalue weighted by molar-refractivity contribution is 5.74. The summed E-state index contributed by atoms with van der Waals surface area (Å²) in [5, 5.41) is 22.8. The molecule has 1 unspecified atom stereocenters. The molecule has 0 bridgehead atoms. The molecular weight excluding hydrogens is 250 g/mol. The van der Waals surface area contributed by atoms with E-state index in [4.69, 9.17) is 10.2 Å². The monoisotopic (exact) mass is 273 g/mol. The van der Waals surface area contributed by atoms with Crippen molar-refractivity contribution < 1.29 is 19.8 Å². The number of carboxylic acids is 1. The molecule has 0 aromatic carbocycles.